The summed E-state index contributed by atoms with van der Waals surface area (Å²) in [4.78, 5) is 14.0. The lowest BCUT2D eigenvalue weighted by atomic mass is 9.93. The number of rotatable bonds is 7. The number of carboxylic acid groups (broad SMARTS) is 1. The Labute approximate surface area is 166 Å². The van der Waals surface area contributed by atoms with Gasteiger partial charge in [-0.15, -0.1) is 0 Å². The molecule has 28 heavy (non-hydrogen) atoms. The van der Waals surface area contributed by atoms with Crippen LogP contribution in [0, 0.1) is 0 Å². The van der Waals surface area contributed by atoms with Crippen molar-refractivity contribution in [1.82, 2.24) is 4.90 Å². The Bertz CT molecular complexity index is 816. The normalized spacial score (nSPS) is 18.2. The molecule has 0 amide bonds. The van der Waals surface area contributed by atoms with E-state index in [9.17, 15) is 9.90 Å². The molecule has 3 rings (SSSR count). The number of ether oxygens (including phenoxy) is 2. The maximum absolute atomic E-state index is 11.9. The first-order chi connectivity index (χ1) is 13.5. The molecule has 1 fully saturated rings. The smallest absolute Gasteiger partial charge is 0.320 e. The highest BCUT2D eigenvalue weighted by Crippen LogP contribution is 2.40. The molecule has 1 N–H and O–H groups in total. The van der Waals surface area contributed by atoms with E-state index < -0.39 is 12.0 Å². The summed E-state index contributed by atoms with van der Waals surface area (Å²) < 4.78 is 11.0. The van der Waals surface area contributed by atoms with Crippen molar-refractivity contribution in [3.05, 3.63) is 59.2 Å². The van der Waals surface area contributed by atoms with E-state index in [1.165, 1.54) is 5.56 Å². The molecule has 0 spiro atoms. The van der Waals surface area contributed by atoms with Crippen LogP contribution in [0.25, 0.3) is 0 Å². The predicted octanol–water partition coefficient (Wildman–Crippen LogP) is 4.47. The average molecular weight is 383 g/mol. The van der Waals surface area contributed by atoms with E-state index in [-0.39, 0.29) is 6.04 Å². The molecule has 1 heterocycles. The van der Waals surface area contributed by atoms with Gasteiger partial charge in [-0.2, -0.15) is 0 Å². The van der Waals surface area contributed by atoms with Gasteiger partial charge in [-0.1, -0.05) is 38.1 Å². The second-order valence-corrected chi connectivity index (χ2v) is 7.57. The van der Waals surface area contributed by atoms with Crippen molar-refractivity contribution in [3.8, 4) is 11.5 Å². The molecule has 2 aromatic carbocycles. The van der Waals surface area contributed by atoms with E-state index in [2.05, 4.69) is 43.0 Å². The Balaban J connectivity index is 2.11. The minimum atomic E-state index is -0.770. The van der Waals surface area contributed by atoms with Crippen LogP contribution in [0.5, 0.6) is 11.5 Å². The lowest BCUT2D eigenvalue weighted by Crippen LogP contribution is -2.39. The number of aliphatic carboxylic acids is 1. The number of hydrogen-bond donors (Lipinski definition) is 1. The summed E-state index contributed by atoms with van der Waals surface area (Å²) in [7, 11) is 3.26. The third-order valence-corrected chi connectivity index (χ3v) is 5.57. The molecular formula is C23H29NO4. The molecule has 0 aliphatic carbocycles. The molecule has 1 aliphatic rings. The van der Waals surface area contributed by atoms with Crippen LogP contribution < -0.4 is 9.47 Å². The van der Waals surface area contributed by atoms with Crippen LogP contribution in [0.3, 0.4) is 0 Å². The summed E-state index contributed by atoms with van der Waals surface area (Å²) in [5.74, 6) is 1.09. The summed E-state index contributed by atoms with van der Waals surface area (Å²) in [5, 5.41) is 9.76. The minimum Gasteiger partial charge on any atom is -0.497 e. The second-order valence-electron chi connectivity index (χ2n) is 7.57. The zero-order valence-electron chi connectivity index (χ0n) is 17.0. The summed E-state index contributed by atoms with van der Waals surface area (Å²) in [5.41, 5.74) is 3.29. The van der Waals surface area contributed by atoms with E-state index in [1.54, 1.807) is 14.2 Å². The molecule has 5 nitrogen and oxygen atoms in total. The minimum absolute atomic E-state index is 0.189. The topological polar surface area (TPSA) is 59.0 Å². The Morgan fingerprint density at radius 3 is 2.32 bits per heavy atom. The van der Waals surface area contributed by atoms with Gasteiger partial charge in [-0.25, -0.2) is 0 Å². The zero-order chi connectivity index (χ0) is 20.3. The van der Waals surface area contributed by atoms with E-state index in [4.69, 9.17) is 9.47 Å². The van der Waals surface area contributed by atoms with Crippen molar-refractivity contribution in [2.45, 2.75) is 44.7 Å². The fraction of sp³-hybridized carbons (Fsp3) is 0.435. The van der Waals surface area contributed by atoms with E-state index in [1.807, 2.05) is 18.2 Å². The van der Waals surface area contributed by atoms with Crippen LogP contribution >= 0.6 is 0 Å². The Kier molecular flexibility index (Phi) is 6.25. The van der Waals surface area contributed by atoms with Crippen LogP contribution in [0.2, 0.25) is 0 Å². The zero-order valence-corrected chi connectivity index (χ0v) is 17.0. The number of methoxy groups -OCH3 is 2. The number of benzene rings is 2. The van der Waals surface area contributed by atoms with Gasteiger partial charge in [0.2, 0.25) is 0 Å². The Hall–Kier alpha value is -2.53. The van der Waals surface area contributed by atoms with Gasteiger partial charge in [0.15, 0.2) is 0 Å². The van der Waals surface area contributed by atoms with Gasteiger partial charge in [0, 0.05) is 18.2 Å². The molecule has 1 aliphatic heterocycles. The van der Waals surface area contributed by atoms with Crippen molar-refractivity contribution in [1.29, 1.82) is 0 Å². The number of hydrogen-bond acceptors (Lipinski definition) is 4. The highest BCUT2D eigenvalue weighted by Gasteiger charge is 2.38. The van der Waals surface area contributed by atoms with Gasteiger partial charge in [-0.3, -0.25) is 9.69 Å². The van der Waals surface area contributed by atoms with E-state index >= 15 is 0 Å². The maximum atomic E-state index is 11.9. The molecular weight excluding hydrogens is 354 g/mol. The Morgan fingerprint density at radius 2 is 1.75 bits per heavy atom. The third kappa shape index (κ3) is 3.99. The van der Waals surface area contributed by atoms with E-state index in [0.717, 1.165) is 24.1 Å². The number of nitrogens with zero attached hydrogens (tertiary/aromatic N) is 1. The van der Waals surface area contributed by atoms with Crippen LogP contribution in [-0.4, -0.2) is 42.8 Å². The highest BCUT2D eigenvalue weighted by atomic mass is 16.5. The second kappa shape index (κ2) is 8.65. The molecule has 0 bridgehead atoms. The van der Waals surface area contributed by atoms with Gasteiger partial charge in [-0.05, 0) is 42.0 Å². The van der Waals surface area contributed by atoms with E-state index in [0.29, 0.717) is 23.8 Å². The van der Waals surface area contributed by atoms with Gasteiger partial charge >= 0.3 is 5.97 Å². The first kappa shape index (κ1) is 20.2. The summed E-state index contributed by atoms with van der Waals surface area (Å²) >= 11 is 0. The molecule has 2 unspecified atom stereocenters. The van der Waals surface area contributed by atoms with Crippen LogP contribution in [0.1, 0.15) is 55.3 Å². The monoisotopic (exact) mass is 383 g/mol. The van der Waals surface area contributed by atoms with Gasteiger partial charge < -0.3 is 14.6 Å². The lowest BCUT2D eigenvalue weighted by Gasteiger charge is -2.33. The number of likely N-dealkylation sites (tertiary alicyclic amines) is 1. The number of carbonyl (C=O) groups is 1. The Morgan fingerprint density at radius 1 is 1.07 bits per heavy atom. The quantitative estimate of drug-likeness (QED) is 0.765. The standard InChI is InChI=1S/C23H29NO4/c1-15(2)16-7-9-17(10-8-16)22(24-13-5-6-20(24)23(25)26)19-12-11-18(27-3)14-21(19)28-4/h7-12,14-15,20,22H,5-6,13H2,1-4H3,(H,25,26). The van der Waals surface area contributed by atoms with Crippen LogP contribution in [0.4, 0.5) is 0 Å². The largest absolute Gasteiger partial charge is 0.497 e. The fourth-order valence-corrected chi connectivity index (χ4v) is 4.02. The summed E-state index contributed by atoms with van der Waals surface area (Å²) in [6.07, 6.45) is 1.53. The highest BCUT2D eigenvalue weighted by molar-refractivity contribution is 5.74. The average Bonchev–Trinajstić information content (AvgIpc) is 3.18. The van der Waals surface area contributed by atoms with Crippen molar-refractivity contribution >= 4 is 5.97 Å². The summed E-state index contributed by atoms with van der Waals surface area (Å²) in [6, 6.07) is 13.5. The van der Waals surface area contributed by atoms with Crippen molar-refractivity contribution < 1.29 is 19.4 Å². The van der Waals surface area contributed by atoms with Crippen LogP contribution in [0.15, 0.2) is 42.5 Å². The fourth-order valence-electron chi connectivity index (χ4n) is 4.02. The molecule has 0 saturated carbocycles. The van der Waals surface area contributed by atoms with Gasteiger partial charge in [0.05, 0.1) is 20.3 Å². The molecule has 150 valence electrons. The molecule has 0 radical (unpaired) electrons. The molecule has 5 heteroatoms. The van der Waals surface area contributed by atoms with Gasteiger partial charge in [0.1, 0.15) is 17.5 Å². The maximum Gasteiger partial charge on any atom is 0.320 e. The molecule has 1 saturated heterocycles. The first-order valence-electron chi connectivity index (χ1n) is 9.76. The van der Waals surface area contributed by atoms with Crippen molar-refractivity contribution in [3.63, 3.8) is 0 Å². The lowest BCUT2D eigenvalue weighted by molar-refractivity contribution is -0.142. The molecule has 0 aromatic heterocycles. The first-order valence-corrected chi connectivity index (χ1v) is 9.76. The SMILES string of the molecule is COc1ccc(C(c2ccc(C(C)C)cc2)N2CCCC2C(=O)O)c(OC)c1. The molecule has 2 aromatic rings. The van der Waals surface area contributed by atoms with Gasteiger partial charge in [0.25, 0.3) is 0 Å². The van der Waals surface area contributed by atoms with Crippen LogP contribution in [-0.2, 0) is 4.79 Å². The number of carboxylic acids is 1. The van der Waals surface area contributed by atoms with Crippen molar-refractivity contribution in [2.24, 2.45) is 0 Å². The third-order valence-electron chi connectivity index (χ3n) is 5.57. The predicted molar refractivity (Wildman–Crippen MR) is 109 cm³/mol. The molecule has 2 atom stereocenters. The van der Waals surface area contributed by atoms with Crippen molar-refractivity contribution in [2.75, 3.05) is 20.8 Å². The summed E-state index contributed by atoms with van der Waals surface area (Å²) in [6.45, 7) is 5.07.